The Morgan fingerprint density at radius 1 is 0.447 bits per heavy atom. The van der Waals surface area contributed by atoms with Gasteiger partial charge >= 0.3 is 0 Å². The fourth-order valence-corrected chi connectivity index (χ4v) is 6.15. The first kappa shape index (κ1) is 37.5. The van der Waals surface area contributed by atoms with Crippen LogP contribution in [0.25, 0.3) is 0 Å². The van der Waals surface area contributed by atoms with Crippen molar-refractivity contribution >= 4 is 0 Å². The van der Waals surface area contributed by atoms with Gasteiger partial charge in [-0.05, 0) is 24.7 Å². The Morgan fingerprint density at radius 2 is 0.763 bits per heavy atom. The van der Waals surface area contributed by atoms with Gasteiger partial charge in [0.15, 0.2) is 0 Å². The summed E-state index contributed by atoms with van der Waals surface area (Å²) in [5.41, 5.74) is 6.81. The van der Waals surface area contributed by atoms with Crippen LogP contribution in [0.1, 0.15) is 213 Å². The third-order valence-electron chi connectivity index (χ3n) is 8.95. The molecule has 0 heterocycles. The van der Waals surface area contributed by atoms with E-state index in [-0.39, 0.29) is 0 Å². The molecule has 1 heteroatoms. The fraction of sp³-hybridized carbons (Fsp3) is 0.946. The lowest BCUT2D eigenvalue weighted by Crippen LogP contribution is -2.05. The first-order chi connectivity index (χ1) is 18.6. The predicted octanol–water partition coefficient (Wildman–Crippen LogP) is 13.5. The molecule has 0 saturated heterocycles. The first-order valence-corrected chi connectivity index (χ1v) is 18.0. The second-order valence-electron chi connectivity index (χ2n) is 13.1. The molecule has 0 aliphatic heterocycles. The SMILES string of the molecule is C=C(N)CCC(CCCCCCCCCCCCCCCCC)CCCC(C)CCCCCCCCCC. The van der Waals surface area contributed by atoms with Gasteiger partial charge < -0.3 is 5.73 Å². The second-order valence-corrected chi connectivity index (χ2v) is 13.1. The van der Waals surface area contributed by atoms with E-state index in [1.54, 1.807) is 0 Å². The summed E-state index contributed by atoms with van der Waals surface area (Å²) >= 11 is 0. The normalized spacial score (nSPS) is 13.1. The quantitative estimate of drug-likeness (QED) is 0.0855. The molecule has 2 unspecified atom stereocenters. The van der Waals surface area contributed by atoms with Crippen LogP contribution in [0.3, 0.4) is 0 Å². The van der Waals surface area contributed by atoms with Crippen molar-refractivity contribution in [2.75, 3.05) is 0 Å². The highest BCUT2D eigenvalue weighted by molar-refractivity contribution is 4.86. The first-order valence-electron chi connectivity index (χ1n) is 18.0. The lowest BCUT2D eigenvalue weighted by atomic mass is 9.88. The van der Waals surface area contributed by atoms with E-state index in [1.165, 1.54) is 186 Å². The Hall–Kier alpha value is -0.460. The van der Waals surface area contributed by atoms with Crippen LogP contribution in [-0.4, -0.2) is 0 Å². The van der Waals surface area contributed by atoms with Gasteiger partial charge in [0.2, 0.25) is 0 Å². The Kier molecular flexibility index (Phi) is 30.7. The van der Waals surface area contributed by atoms with E-state index in [2.05, 4.69) is 27.4 Å². The Labute approximate surface area is 243 Å². The zero-order valence-electron chi connectivity index (χ0n) is 27.2. The van der Waals surface area contributed by atoms with Gasteiger partial charge in [0.1, 0.15) is 0 Å². The molecule has 0 aromatic heterocycles. The Bertz CT molecular complexity index is 456. The molecule has 2 N–H and O–H groups in total. The van der Waals surface area contributed by atoms with Crippen molar-refractivity contribution in [3.8, 4) is 0 Å². The van der Waals surface area contributed by atoms with Gasteiger partial charge in [-0.15, -0.1) is 0 Å². The standard InChI is InChI=1S/C37H75N/c1-5-7-9-11-13-15-16-17-18-19-20-21-23-25-27-31-37(34-33-36(4)38)32-28-30-35(3)29-26-24-22-14-12-10-8-6-2/h35,37H,4-34,38H2,1-3H3. The monoisotopic (exact) mass is 534 g/mol. The number of nitrogens with two attached hydrogens (primary N) is 1. The maximum absolute atomic E-state index is 5.92. The zero-order valence-corrected chi connectivity index (χ0v) is 27.2. The molecule has 0 aromatic rings. The maximum Gasteiger partial charge on any atom is 0.000754 e. The van der Waals surface area contributed by atoms with Gasteiger partial charge in [0, 0.05) is 5.70 Å². The lowest BCUT2D eigenvalue weighted by molar-refractivity contribution is 0.358. The van der Waals surface area contributed by atoms with Crippen molar-refractivity contribution in [3.63, 3.8) is 0 Å². The number of rotatable bonds is 32. The molecular formula is C37H75N. The van der Waals surface area contributed by atoms with Crippen molar-refractivity contribution in [2.24, 2.45) is 17.6 Å². The van der Waals surface area contributed by atoms with Crippen molar-refractivity contribution < 1.29 is 0 Å². The fourth-order valence-electron chi connectivity index (χ4n) is 6.15. The van der Waals surface area contributed by atoms with E-state index in [4.69, 9.17) is 5.73 Å². The van der Waals surface area contributed by atoms with Gasteiger partial charge in [-0.25, -0.2) is 0 Å². The maximum atomic E-state index is 5.92. The molecule has 0 radical (unpaired) electrons. The third-order valence-corrected chi connectivity index (χ3v) is 8.95. The molecule has 0 rings (SSSR count). The van der Waals surface area contributed by atoms with Gasteiger partial charge in [0.25, 0.3) is 0 Å². The molecule has 228 valence electrons. The Morgan fingerprint density at radius 3 is 1.16 bits per heavy atom. The average molecular weight is 534 g/mol. The molecule has 0 fully saturated rings. The molecule has 2 atom stereocenters. The molecule has 0 bridgehead atoms. The Balaban J connectivity index is 3.70. The van der Waals surface area contributed by atoms with Crippen LogP contribution in [0.4, 0.5) is 0 Å². The summed E-state index contributed by atoms with van der Waals surface area (Å²) in [6.07, 6.45) is 42.7. The molecule has 0 spiro atoms. The largest absolute Gasteiger partial charge is 0.403 e. The second kappa shape index (κ2) is 31.1. The summed E-state index contributed by atoms with van der Waals surface area (Å²) in [6.45, 7) is 11.1. The van der Waals surface area contributed by atoms with Gasteiger partial charge in [0.05, 0.1) is 0 Å². The third kappa shape index (κ3) is 30.1. The number of hydrogen-bond donors (Lipinski definition) is 1. The predicted molar refractivity (Wildman–Crippen MR) is 176 cm³/mol. The average Bonchev–Trinajstić information content (AvgIpc) is 2.90. The molecule has 38 heavy (non-hydrogen) atoms. The minimum absolute atomic E-state index is 0.868. The summed E-state index contributed by atoms with van der Waals surface area (Å²) < 4.78 is 0. The van der Waals surface area contributed by atoms with Crippen LogP contribution in [0.5, 0.6) is 0 Å². The summed E-state index contributed by atoms with van der Waals surface area (Å²) in [4.78, 5) is 0. The minimum atomic E-state index is 0.868. The summed E-state index contributed by atoms with van der Waals surface area (Å²) in [5, 5.41) is 0. The molecule has 0 aliphatic carbocycles. The zero-order chi connectivity index (χ0) is 27.9. The smallest absolute Gasteiger partial charge is 0.000754 e. The highest BCUT2D eigenvalue weighted by atomic mass is 14.6. The van der Waals surface area contributed by atoms with E-state index < -0.39 is 0 Å². The molecule has 0 saturated carbocycles. The topological polar surface area (TPSA) is 26.0 Å². The molecular weight excluding hydrogens is 458 g/mol. The lowest BCUT2D eigenvalue weighted by Gasteiger charge is -2.18. The van der Waals surface area contributed by atoms with Crippen LogP contribution >= 0.6 is 0 Å². The van der Waals surface area contributed by atoms with E-state index in [1.807, 2.05) is 0 Å². The van der Waals surface area contributed by atoms with Gasteiger partial charge in [-0.1, -0.05) is 207 Å². The van der Waals surface area contributed by atoms with E-state index in [0.29, 0.717) is 0 Å². The van der Waals surface area contributed by atoms with Crippen molar-refractivity contribution in [1.29, 1.82) is 0 Å². The summed E-state index contributed by atoms with van der Waals surface area (Å²) in [7, 11) is 0. The summed E-state index contributed by atoms with van der Waals surface area (Å²) in [5.74, 6) is 1.78. The van der Waals surface area contributed by atoms with Crippen molar-refractivity contribution in [1.82, 2.24) is 0 Å². The molecule has 0 aromatic carbocycles. The number of allylic oxidation sites excluding steroid dienone is 1. The van der Waals surface area contributed by atoms with Crippen LogP contribution < -0.4 is 5.73 Å². The summed E-state index contributed by atoms with van der Waals surface area (Å²) in [6, 6.07) is 0. The van der Waals surface area contributed by atoms with Crippen LogP contribution in [0.2, 0.25) is 0 Å². The van der Waals surface area contributed by atoms with E-state index >= 15 is 0 Å². The van der Waals surface area contributed by atoms with Gasteiger partial charge in [-0.3, -0.25) is 0 Å². The molecule has 0 aliphatic rings. The van der Waals surface area contributed by atoms with Crippen molar-refractivity contribution in [3.05, 3.63) is 12.3 Å². The molecule has 0 amide bonds. The highest BCUT2D eigenvalue weighted by Gasteiger charge is 2.11. The minimum Gasteiger partial charge on any atom is -0.403 e. The highest BCUT2D eigenvalue weighted by Crippen LogP contribution is 2.26. The van der Waals surface area contributed by atoms with Gasteiger partial charge in [-0.2, -0.15) is 0 Å². The van der Waals surface area contributed by atoms with Crippen LogP contribution in [0, 0.1) is 11.8 Å². The molecule has 1 nitrogen and oxygen atoms in total. The van der Waals surface area contributed by atoms with E-state index in [0.717, 1.165) is 24.0 Å². The number of unbranched alkanes of at least 4 members (excludes halogenated alkanes) is 21. The van der Waals surface area contributed by atoms with E-state index in [9.17, 15) is 0 Å². The van der Waals surface area contributed by atoms with Crippen LogP contribution in [-0.2, 0) is 0 Å². The van der Waals surface area contributed by atoms with Crippen LogP contribution in [0.15, 0.2) is 12.3 Å². The number of hydrogen-bond acceptors (Lipinski definition) is 1. The van der Waals surface area contributed by atoms with Crippen molar-refractivity contribution in [2.45, 2.75) is 213 Å².